The zero-order valence-corrected chi connectivity index (χ0v) is 13.7. The minimum atomic E-state index is -0.299. The van der Waals surface area contributed by atoms with Gasteiger partial charge < -0.3 is 15.3 Å². The minimum Gasteiger partial charge on any atom is -0.508 e. The van der Waals surface area contributed by atoms with E-state index in [1.165, 1.54) is 0 Å². The van der Waals surface area contributed by atoms with E-state index in [2.05, 4.69) is 5.32 Å². The molecule has 1 aliphatic heterocycles. The molecule has 0 bridgehead atoms. The molecule has 0 saturated carbocycles. The molecule has 1 unspecified atom stereocenters. The Labute approximate surface area is 137 Å². The SMILES string of the molecule is CC.O=C1C(Cc2ccccc2O)NCCN1c1ccccc1. The van der Waals surface area contributed by atoms with E-state index in [0.717, 1.165) is 17.8 Å². The molecule has 2 aromatic rings. The van der Waals surface area contributed by atoms with Crippen molar-refractivity contribution in [3.63, 3.8) is 0 Å². The molecule has 2 N–H and O–H groups in total. The van der Waals surface area contributed by atoms with Crippen LogP contribution in [0.4, 0.5) is 5.69 Å². The fourth-order valence-electron chi connectivity index (χ4n) is 2.66. The van der Waals surface area contributed by atoms with Crippen LogP contribution >= 0.6 is 0 Å². The van der Waals surface area contributed by atoms with Crippen molar-refractivity contribution in [1.29, 1.82) is 0 Å². The Bertz CT molecular complexity index is 628. The summed E-state index contributed by atoms with van der Waals surface area (Å²) in [6, 6.07) is 16.6. The monoisotopic (exact) mass is 312 g/mol. The van der Waals surface area contributed by atoms with Gasteiger partial charge in [-0.1, -0.05) is 50.2 Å². The van der Waals surface area contributed by atoms with E-state index >= 15 is 0 Å². The van der Waals surface area contributed by atoms with Gasteiger partial charge in [-0.05, 0) is 23.8 Å². The number of hydrogen-bond acceptors (Lipinski definition) is 3. The fraction of sp³-hybridized carbons (Fsp3) is 0.316. The van der Waals surface area contributed by atoms with Crippen LogP contribution in [-0.4, -0.2) is 30.1 Å². The maximum atomic E-state index is 12.6. The average Bonchev–Trinajstić information content (AvgIpc) is 2.61. The number of nitrogens with one attached hydrogen (secondary N) is 1. The number of carbonyl (C=O) groups is 1. The van der Waals surface area contributed by atoms with Gasteiger partial charge in [0, 0.05) is 25.2 Å². The van der Waals surface area contributed by atoms with E-state index in [1.807, 2.05) is 56.3 Å². The second kappa shape index (κ2) is 8.34. The number of rotatable bonds is 3. The highest BCUT2D eigenvalue weighted by Crippen LogP contribution is 2.21. The molecule has 1 aliphatic rings. The fourth-order valence-corrected chi connectivity index (χ4v) is 2.66. The van der Waals surface area contributed by atoms with Crippen molar-refractivity contribution in [3.05, 3.63) is 60.2 Å². The van der Waals surface area contributed by atoms with Gasteiger partial charge in [0.05, 0.1) is 6.04 Å². The summed E-state index contributed by atoms with van der Waals surface area (Å²) in [5.41, 5.74) is 1.71. The molecule has 23 heavy (non-hydrogen) atoms. The molecule has 1 saturated heterocycles. The lowest BCUT2D eigenvalue weighted by Crippen LogP contribution is -2.56. The van der Waals surface area contributed by atoms with Crippen LogP contribution in [0.1, 0.15) is 19.4 Å². The quantitative estimate of drug-likeness (QED) is 0.916. The van der Waals surface area contributed by atoms with Gasteiger partial charge in [-0.3, -0.25) is 4.79 Å². The van der Waals surface area contributed by atoms with Gasteiger partial charge >= 0.3 is 0 Å². The molecule has 3 rings (SSSR count). The van der Waals surface area contributed by atoms with Gasteiger partial charge in [0.25, 0.3) is 0 Å². The summed E-state index contributed by atoms with van der Waals surface area (Å²) in [6.45, 7) is 5.42. The Morgan fingerprint density at radius 3 is 2.43 bits per heavy atom. The molecule has 4 heteroatoms. The van der Waals surface area contributed by atoms with Gasteiger partial charge in [0.1, 0.15) is 5.75 Å². The Kier molecular flexibility index (Phi) is 6.18. The van der Waals surface area contributed by atoms with Gasteiger partial charge in [-0.15, -0.1) is 0 Å². The summed E-state index contributed by atoms with van der Waals surface area (Å²) in [5, 5.41) is 13.1. The van der Waals surface area contributed by atoms with Crippen molar-refractivity contribution in [2.75, 3.05) is 18.0 Å². The van der Waals surface area contributed by atoms with Crippen molar-refractivity contribution in [3.8, 4) is 5.75 Å². The first kappa shape index (κ1) is 17.0. The zero-order valence-electron chi connectivity index (χ0n) is 13.7. The molecule has 0 aromatic heterocycles. The molecule has 1 atom stereocenters. The van der Waals surface area contributed by atoms with Gasteiger partial charge in [-0.2, -0.15) is 0 Å². The van der Waals surface area contributed by atoms with Crippen LogP contribution in [0.2, 0.25) is 0 Å². The number of carbonyl (C=O) groups excluding carboxylic acids is 1. The third kappa shape index (κ3) is 4.11. The minimum absolute atomic E-state index is 0.0516. The number of phenols is 1. The number of para-hydroxylation sites is 2. The number of anilines is 1. The van der Waals surface area contributed by atoms with E-state index < -0.39 is 0 Å². The largest absolute Gasteiger partial charge is 0.508 e. The lowest BCUT2D eigenvalue weighted by Gasteiger charge is -2.33. The number of benzene rings is 2. The summed E-state index contributed by atoms with van der Waals surface area (Å²) in [6.07, 6.45) is 0.495. The molecular formula is C19H24N2O2. The van der Waals surface area contributed by atoms with Gasteiger partial charge in [-0.25, -0.2) is 0 Å². The standard InChI is InChI=1S/C17H18N2O2.C2H6/c20-16-9-5-4-6-13(16)12-15-17(21)19(11-10-18-15)14-7-2-1-3-8-14;1-2/h1-9,15,18,20H,10-12H2;1-2H3. The van der Waals surface area contributed by atoms with E-state index in [0.29, 0.717) is 13.0 Å². The molecule has 0 radical (unpaired) electrons. The summed E-state index contributed by atoms with van der Waals surface area (Å²) < 4.78 is 0. The molecule has 1 fully saturated rings. The first-order valence-electron chi connectivity index (χ1n) is 8.12. The van der Waals surface area contributed by atoms with Crippen LogP contribution in [0.25, 0.3) is 0 Å². The number of nitrogens with zero attached hydrogens (tertiary/aromatic N) is 1. The highest BCUT2D eigenvalue weighted by atomic mass is 16.3. The number of aromatic hydroxyl groups is 1. The molecule has 0 aliphatic carbocycles. The van der Waals surface area contributed by atoms with Crippen molar-refractivity contribution >= 4 is 11.6 Å². The maximum Gasteiger partial charge on any atom is 0.244 e. The van der Waals surface area contributed by atoms with Crippen molar-refractivity contribution in [2.24, 2.45) is 0 Å². The summed E-state index contributed by atoms with van der Waals surface area (Å²) in [7, 11) is 0. The first-order chi connectivity index (χ1) is 11.3. The van der Waals surface area contributed by atoms with Crippen molar-refractivity contribution < 1.29 is 9.90 Å². The summed E-state index contributed by atoms with van der Waals surface area (Å²) in [4.78, 5) is 14.4. The van der Waals surface area contributed by atoms with Crippen LogP contribution in [0, 0.1) is 0 Å². The van der Waals surface area contributed by atoms with Crippen LogP contribution < -0.4 is 10.2 Å². The molecule has 0 spiro atoms. The highest BCUT2D eigenvalue weighted by Gasteiger charge is 2.29. The van der Waals surface area contributed by atoms with E-state index in [4.69, 9.17) is 0 Å². The number of amides is 1. The number of piperazine rings is 1. The zero-order chi connectivity index (χ0) is 16.7. The Hall–Kier alpha value is -2.33. The maximum absolute atomic E-state index is 12.6. The predicted octanol–water partition coefficient (Wildman–Crippen LogP) is 2.97. The van der Waals surface area contributed by atoms with E-state index in [9.17, 15) is 9.90 Å². The summed E-state index contributed by atoms with van der Waals surface area (Å²) >= 11 is 0. The third-order valence-electron chi connectivity index (χ3n) is 3.77. The molecular weight excluding hydrogens is 288 g/mol. The topological polar surface area (TPSA) is 52.6 Å². The number of hydrogen-bond donors (Lipinski definition) is 2. The molecule has 122 valence electrons. The predicted molar refractivity (Wildman–Crippen MR) is 93.7 cm³/mol. The van der Waals surface area contributed by atoms with Gasteiger partial charge in [0.2, 0.25) is 5.91 Å². The highest BCUT2D eigenvalue weighted by molar-refractivity contribution is 5.98. The van der Waals surface area contributed by atoms with E-state index in [1.54, 1.807) is 17.0 Å². The third-order valence-corrected chi connectivity index (χ3v) is 3.77. The average molecular weight is 312 g/mol. The smallest absolute Gasteiger partial charge is 0.244 e. The van der Waals surface area contributed by atoms with Crippen LogP contribution in [0.3, 0.4) is 0 Å². The summed E-state index contributed by atoms with van der Waals surface area (Å²) in [5.74, 6) is 0.291. The Morgan fingerprint density at radius 2 is 1.74 bits per heavy atom. The lowest BCUT2D eigenvalue weighted by molar-refractivity contribution is -0.121. The van der Waals surface area contributed by atoms with Crippen molar-refractivity contribution in [1.82, 2.24) is 5.32 Å². The Morgan fingerprint density at radius 1 is 1.09 bits per heavy atom. The van der Waals surface area contributed by atoms with E-state index in [-0.39, 0.29) is 17.7 Å². The van der Waals surface area contributed by atoms with Crippen molar-refractivity contribution in [2.45, 2.75) is 26.3 Å². The normalized spacial score (nSPS) is 17.4. The van der Waals surface area contributed by atoms with Crippen LogP contribution in [0.15, 0.2) is 54.6 Å². The van der Waals surface area contributed by atoms with Crippen LogP contribution in [-0.2, 0) is 11.2 Å². The molecule has 2 aromatic carbocycles. The second-order valence-electron chi connectivity index (χ2n) is 5.16. The van der Waals surface area contributed by atoms with Gasteiger partial charge in [0.15, 0.2) is 0 Å². The molecule has 4 nitrogen and oxygen atoms in total. The number of phenolic OH excluding ortho intramolecular Hbond substituents is 1. The Balaban J connectivity index is 0.000000924. The lowest BCUT2D eigenvalue weighted by atomic mass is 10.0. The van der Waals surface area contributed by atoms with Crippen LogP contribution in [0.5, 0.6) is 5.75 Å². The first-order valence-corrected chi connectivity index (χ1v) is 8.12. The second-order valence-corrected chi connectivity index (χ2v) is 5.16. The molecule has 1 amide bonds. The molecule has 1 heterocycles.